The zero-order valence-corrected chi connectivity index (χ0v) is 35.3. The van der Waals surface area contributed by atoms with Crippen molar-refractivity contribution in [1.82, 2.24) is 18.6 Å². The number of halogens is 4. The van der Waals surface area contributed by atoms with Crippen LogP contribution < -0.4 is 9.80 Å². The normalized spacial score (nSPS) is 15.6. The van der Waals surface area contributed by atoms with Crippen LogP contribution in [-0.2, 0) is 26.5 Å². The molecule has 18 heteroatoms. The number of thiazole rings is 2. The molecule has 2 fully saturated rings. The van der Waals surface area contributed by atoms with Crippen LogP contribution in [0.3, 0.4) is 0 Å². The minimum absolute atomic E-state index is 0.207. The molecule has 0 aliphatic carbocycles. The van der Waals surface area contributed by atoms with Crippen LogP contribution in [0.1, 0.15) is 18.1 Å². The average Bonchev–Trinajstić information content (AvgIpc) is 3.93. The number of sulfonamides is 2. The van der Waals surface area contributed by atoms with E-state index in [0.29, 0.717) is 38.3 Å². The highest BCUT2D eigenvalue weighted by molar-refractivity contribution is 7.89. The number of benzene rings is 4. The summed E-state index contributed by atoms with van der Waals surface area (Å²) in [4.78, 5) is 12.4. The molecule has 0 atom stereocenters. The molecule has 2 aliphatic heterocycles. The minimum Gasteiger partial charge on any atom is -0.345 e. The van der Waals surface area contributed by atoms with E-state index < -0.39 is 53.1 Å². The van der Waals surface area contributed by atoms with Gasteiger partial charge in [0.25, 0.3) is 0 Å². The minimum atomic E-state index is -4.01. The van der Waals surface area contributed by atoms with Crippen molar-refractivity contribution in [3.63, 3.8) is 0 Å². The topological polar surface area (TPSA) is 107 Å². The van der Waals surface area contributed by atoms with Crippen molar-refractivity contribution in [2.24, 2.45) is 0 Å². The van der Waals surface area contributed by atoms with Gasteiger partial charge < -0.3 is 9.80 Å². The van der Waals surface area contributed by atoms with E-state index in [1.165, 1.54) is 42.4 Å². The van der Waals surface area contributed by atoms with Crippen molar-refractivity contribution in [3.05, 3.63) is 130 Å². The number of aromatic nitrogens is 2. The molecule has 8 rings (SSSR count). The third kappa shape index (κ3) is 9.53. The Kier molecular flexibility index (Phi) is 12.8. The number of anilines is 2. The molecule has 0 bridgehead atoms. The van der Waals surface area contributed by atoms with Gasteiger partial charge in [-0.15, -0.1) is 22.7 Å². The van der Waals surface area contributed by atoms with Crippen LogP contribution in [0.5, 0.6) is 0 Å². The zero-order chi connectivity index (χ0) is 41.9. The van der Waals surface area contributed by atoms with Crippen molar-refractivity contribution >= 4 is 53.0 Å². The molecule has 2 aliphatic rings. The Labute approximate surface area is 349 Å². The van der Waals surface area contributed by atoms with E-state index in [0.717, 1.165) is 63.5 Å². The molecule has 10 nitrogen and oxygen atoms in total. The van der Waals surface area contributed by atoms with Crippen molar-refractivity contribution in [2.75, 3.05) is 62.2 Å². The molecule has 0 saturated carbocycles. The molecule has 2 saturated heterocycles. The van der Waals surface area contributed by atoms with Gasteiger partial charge in [-0.25, -0.2) is 44.4 Å². The number of aryl methyl sites for hydroxylation is 2. The second-order valence-electron chi connectivity index (χ2n) is 13.9. The van der Waals surface area contributed by atoms with E-state index in [-0.39, 0.29) is 26.2 Å². The summed E-state index contributed by atoms with van der Waals surface area (Å²) in [5.41, 5.74) is 6.30. The van der Waals surface area contributed by atoms with Crippen LogP contribution in [0, 0.1) is 30.2 Å². The Hall–Kier alpha value is -4.72. The van der Waals surface area contributed by atoms with Crippen molar-refractivity contribution in [3.8, 4) is 22.5 Å². The number of rotatable bonds is 9. The van der Waals surface area contributed by atoms with Gasteiger partial charge in [0.05, 0.1) is 11.4 Å². The Bertz CT molecular complexity index is 2630. The molecule has 2 aromatic heterocycles. The SMILES string of the molecule is CCc1ccc(-c2csc(N3CCN(S(=O)(=O)c4ccc(F)cc4F)CC3)n2)cc1.Cc1ccc(-c2csc(N3CCN(S(=O)(=O)c4ccc(F)cc4F)CC3)n2)cc1. The summed E-state index contributed by atoms with van der Waals surface area (Å²) in [6, 6.07) is 21.4. The Balaban J connectivity index is 0.000000179. The lowest BCUT2D eigenvalue weighted by Crippen LogP contribution is -2.48. The smallest absolute Gasteiger partial charge is 0.246 e. The lowest BCUT2D eigenvalue weighted by Gasteiger charge is -2.33. The maximum Gasteiger partial charge on any atom is 0.246 e. The van der Waals surface area contributed by atoms with E-state index in [1.807, 2.05) is 51.7 Å². The number of hydrogen-bond acceptors (Lipinski definition) is 10. The highest BCUT2D eigenvalue weighted by Crippen LogP contribution is 2.31. The molecule has 0 amide bonds. The van der Waals surface area contributed by atoms with Gasteiger partial charge in [0, 0.05) is 86.4 Å². The Morgan fingerprint density at radius 2 is 0.949 bits per heavy atom. The Morgan fingerprint density at radius 3 is 1.32 bits per heavy atom. The van der Waals surface area contributed by atoms with Crippen molar-refractivity contribution in [1.29, 1.82) is 0 Å². The first-order valence-corrected chi connectivity index (χ1v) is 23.3. The summed E-state index contributed by atoms with van der Waals surface area (Å²) >= 11 is 3.02. The predicted molar refractivity (Wildman–Crippen MR) is 224 cm³/mol. The first kappa shape index (κ1) is 42.4. The van der Waals surface area contributed by atoms with Crippen LogP contribution in [0.2, 0.25) is 0 Å². The van der Waals surface area contributed by atoms with Gasteiger partial charge in [-0.05, 0) is 43.2 Å². The molecular weight excluding hydrogens is 845 g/mol. The summed E-state index contributed by atoms with van der Waals surface area (Å²) in [5, 5.41) is 5.63. The van der Waals surface area contributed by atoms with Gasteiger partial charge in [0.1, 0.15) is 33.1 Å². The van der Waals surface area contributed by atoms with Crippen LogP contribution >= 0.6 is 22.7 Å². The third-order valence-corrected chi connectivity index (χ3v) is 15.7. The Morgan fingerprint density at radius 1 is 0.559 bits per heavy atom. The monoisotopic (exact) mass is 884 g/mol. The van der Waals surface area contributed by atoms with Crippen LogP contribution in [0.4, 0.5) is 27.8 Å². The van der Waals surface area contributed by atoms with E-state index in [1.54, 1.807) is 0 Å². The first-order chi connectivity index (χ1) is 28.2. The zero-order valence-electron chi connectivity index (χ0n) is 32.1. The van der Waals surface area contributed by atoms with Gasteiger partial charge in [-0.1, -0.05) is 61.0 Å². The highest BCUT2D eigenvalue weighted by atomic mass is 32.2. The molecule has 4 heterocycles. The summed E-state index contributed by atoms with van der Waals surface area (Å²) in [6.07, 6.45) is 0.984. The lowest BCUT2D eigenvalue weighted by molar-refractivity contribution is 0.381. The van der Waals surface area contributed by atoms with E-state index >= 15 is 0 Å². The molecule has 6 aromatic rings. The predicted octanol–water partition coefficient (Wildman–Crippen LogP) is 8.07. The van der Waals surface area contributed by atoms with Gasteiger partial charge in [0.15, 0.2) is 10.3 Å². The quantitative estimate of drug-likeness (QED) is 0.134. The van der Waals surface area contributed by atoms with E-state index in [4.69, 9.17) is 4.98 Å². The lowest BCUT2D eigenvalue weighted by atomic mass is 10.1. The largest absolute Gasteiger partial charge is 0.345 e. The molecule has 0 unspecified atom stereocenters. The van der Waals surface area contributed by atoms with E-state index in [2.05, 4.69) is 36.2 Å². The molecule has 310 valence electrons. The maximum absolute atomic E-state index is 14.0. The van der Waals surface area contributed by atoms with Crippen LogP contribution in [-0.4, -0.2) is 87.8 Å². The second kappa shape index (κ2) is 17.9. The molecule has 59 heavy (non-hydrogen) atoms. The average molecular weight is 885 g/mol. The van der Waals surface area contributed by atoms with E-state index in [9.17, 15) is 34.4 Å². The number of hydrogen-bond donors (Lipinski definition) is 0. The number of piperazine rings is 2. The third-order valence-electron chi connectivity index (χ3n) is 10.0. The van der Waals surface area contributed by atoms with Gasteiger partial charge in [-0.3, -0.25) is 0 Å². The van der Waals surface area contributed by atoms with Crippen LogP contribution in [0.25, 0.3) is 22.5 Å². The fourth-order valence-corrected chi connectivity index (χ4v) is 11.3. The molecule has 4 aromatic carbocycles. The van der Waals surface area contributed by atoms with Crippen molar-refractivity contribution in [2.45, 2.75) is 30.1 Å². The first-order valence-electron chi connectivity index (χ1n) is 18.7. The summed E-state index contributed by atoms with van der Waals surface area (Å²) in [6.45, 7) is 6.76. The standard InChI is InChI=1S/C21H21F2N3O2S2.C20H19F2N3O2S2/c1-2-15-3-5-16(6-4-15)19-14-29-21(24-19)25-9-11-26(12-10-25)30(27,28)20-8-7-17(22)13-18(20)23;1-14-2-4-15(5-3-14)18-13-28-20(23-18)24-8-10-25(11-9-24)29(26,27)19-7-6-16(21)12-17(19)22/h3-8,13-14H,2,9-12H2,1H3;2-7,12-13H,8-11H2,1H3. The second-order valence-corrected chi connectivity index (χ2v) is 19.4. The molecule has 0 N–H and O–H groups in total. The fraction of sp³-hybridized carbons (Fsp3) is 0.268. The van der Waals surface area contributed by atoms with Gasteiger partial charge >= 0.3 is 0 Å². The maximum atomic E-state index is 14.0. The number of nitrogens with zero attached hydrogens (tertiary/aromatic N) is 6. The molecular formula is C41H40F4N6O4S4. The summed E-state index contributed by atoms with van der Waals surface area (Å²) < 4.78 is 108. The summed E-state index contributed by atoms with van der Waals surface area (Å²) in [7, 11) is -8.02. The van der Waals surface area contributed by atoms with Gasteiger partial charge in [-0.2, -0.15) is 8.61 Å². The van der Waals surface area contributed by atoms with Gasteiger partial charge in [0.2, 0.25) is 20.0 Å². The van der Waals surface area contributed by atoms with Crippen LogP contribution in [0.15, 0.2) is 105 Å². The highest BCUT2D eigenvalue weighted by Gasteiger charge is 2.33. The molecule has 0 spiro atoms. The van der Waals surface area contributed by atoms with Crippen molar-refractivity contribution < 1.29 is 34.4 Å². The fourth-order valence-electron chi connectivity index (χ4n) is 6.61. The summed E-state index contributed by atoms with van der Waals surface area (Å²) in [5.74, 6) is -3.76. The molecule has 0 radical (unpaired) electrons.